The van der Waals surface area contributed by atoms with Gasteiger partial charge in [0.2, 0.25) is 0 Å². The Morgan fingerprint density at radius 3 is 2.67 bits per heavy atom. The molecule has 1 atom stereocenters. The van der Waals surface area contributed by atoms with Crippen LogP contribution < -0.4 is 5.73 Å². The molecule has 0 aliphatic rings. The molecule has 3 heteroatoms. The summed E-state index contributed by atoms with van der Waals surface area (Å²) in [5.41, 5.74) is 9.14. The number of fused-ring (bicyclic) bond motifs is 1. The van der Waals surface area contributed by atoms with Crippen LogP contribution in [0.4, 0.5) is 4.39 Å². The van der Waals surface area contributed by atoms with Crippen molar-refractivity contribution in [1.82, 2.24) is 0 Å². The van der Waals surface area contributed by atoms with E-state index < -0.39 is 0 Å². The van der Waals surface area contributed by atoms with Crippen molar-refractivity contribution >= 4 is 11.0 Å². The Labute approximate surface area is 123 Å². The van der Waals surface area contributed by atoms with Gasteiger partial charge >= 0.3 is 0 Å². The number of nitrogens with two attached hydrogens (primary N) is 1. The summed E-state index contributed by atoms with van der Waals surface area (Å²) in [5, 5.41) is 0.806. The fourth-order valence-corrected chi connectivity index (χ4v) is 2.66. The Hall–Kier alpha value is -2.13. The van der Waals surface area contributed by atoms with Crippen LogP contribution in [-0.2, 0) is 6.42 Å². The molecule has 3 rings (SSSR count). The molecule has 2 aromatic carbocycles. The first-order valence-corrected chi connectivity index (χ1v) is 7.13. The number of furan rings is 1. The molecule has 2 nitrogen and oxygen atoms in total. The molecule has 0 saturated carbocycles. The fourth-order valence-electron chi connectivity index (χ4n) is 2.66. The predicted molar refractivity (Wildman–Crippen MR) is 82.6 cm³/mol. The second-order valence-electron chi connectivity index (χ2n) is 5.36. The summed E-state index contributed by atoms with van der Waals surface area (Å²) < 4.78 is 19.1. The van der Waals surface area contributed by atoms with E-state index in [-0.39, 0.29) is 11.9 Å². The standard InChI is InChI=1S/C18H18FNO/c1-12-15-11-14(19)8-10-17(15)21-18(12)16(20)9-7-13-5-3-2-4-6-13/h2-6,8,10-11,16H,7,9,20H2,1H3. The van der Waals surface area contributed by atoms with Crippen molar-refractivity contribution in [3.8, 4) is 0 Å². The topological polar surface area (TPSA) is 39.2 Å². The van der Waals surface area contributed by atoms with Gasteiger partial charge in [-0.25, -0.2) is 4.39 Å². The normalized spacial score (nSPS) is 12.7. The number of halogens is 1. The van der Waals surface area contributed by atoms with Gasteiger partial charge in [0.05, 0.1) is 6.04 Å². The third-order valence-corrected chi connectivity index (χ3v) is 3.86. The number of benzene rings is 2. The summed E-state index contributed by atoms with van der Waals surface area (Å²) in [5.74, 6) is 0.502. The van der Waals surface area contributed by atoms with Gasteiger partial charge in [-0.05, 0) is 43.5 Å². The molecule has 1 heterocycles. The van der Waals surface area contributed by atoms with Gasteiger partial charge < -0.3 is 10.2 Å². The molecule has 0 saturated heterocycles. The van der Waals surface area contributed by atoms with Crippen LogP contribution in [0.25, 0.3) is 11.0 Å². The Morgan fingerprint density at radius 2 is 1.90 bits per heavy atom. The first kappa shape index (κ1) is 13.8. The van der Waals surface area contributed by atoms with Crippen LogP contribution in [0.2, 0.25) is 0 Å². The van der Waals surface area contributed by atoms with Crippen LogP contribution >= 0.6 is 0 Å². The highest BCUT2D eigenvalue weighted by Gasteiger charge is 2.17. The molecule has 0 radical (unpaired) electrons. The molecule has 0 amide bonds. The fraction of sp³-hybridized carbons (Fsp3) is 0.222. The highest BCUT2D eigenvalue weighted by molar-refractivity contribution is 5.82. The minimum absolute atomic E-state index is 0.180. The van der Waals surface area contributed by atoms with Gasteiger partial charge in [-0.3, -0.25) is 0 Å². The van der Waals surface area contributed by atoms with E-state index in [4.69, 9.17) is 10.2 Å². The maximum absolute atomic E-state index is 13.3. The molecule has 2 N–H and O–H groups in total. The largest absolute Gasteiger partial charge is 0.459 e. The Morgan fingerprint density at radius 1 is 1.14 bits per heavy atom. The third kappa shape index (κ3) is 2.83. The lowest BCUT2D eigenvalue weighted by Gasteiger charge is -2.10. The second kappa shape index (κ2) is 5.70. The van der Waals surface area contributed by atoms with Gasteiger partial charge in [-0.2, -0.15) is 0 Å². The van der Waals surface area contributed by atoms with Crippen LogP contribution in [-0.4, -0.2) is 0 Å². The minimum atomic E-state index is -0.254. The molecule has 0 fully saturated rings. The monoisotopic (exact) mass is 283 g/mol. The molecule has 1 aromatic heterocycles. The molecular weight excluding hydrogens is 265 g/mol. The van der Waals surface area contributed by atoms with Crippen molar-refractivity contribution in [3.63, 3.8) is 0 Å². The first-order valence-electron chi connectivity index (χ1n) is 7.13. The van der Waals surface area contributed by atoms with Crippen molar-refractivity contribution in [1.29, 1.82) is 0 Å². The van der Waals surface area contributed by atoms with E-state index in [1.54, 1.807) is 6.07 Å². The number of hydrogen-bond acceptors (Lipinski definition) is 2. The summed E-state index contributed by atoms with van der Waals surface area (Å²) in [6.07, 6.45) is 1.69. The number of aryl methyl sites for hydroxylation is 2. The van der Waals surface area contributed by atoms with Gasteiger partial charge in [0, 0.05) is 10.9 Å². The van der Waals surface area contributed by atoms with Gasteiger partial charge in [0.15, 0.2) is 0 Å². The summed E-state index contributed by atoms with van der Waals surface area (Å²) in [4.78, 5) is 0. The molecule has 0 bridgehead atoms. The summed E-state index contributed by atoms with van der Waals surface area (Å²) in [7, 11) is 0. The summed E-state index contributed by atoms with van der Waals surface area (Å²) in [6.45, 7) is 1.93. The smallest absolute Gasteiger partial charge is 0.134 e. The van der Waals surface area contributed by atoms with Crippen LogP contribution in [0.1, 0.15) is 29.3 Å². The SMILES string of the molecule is Cc1c(C(N)CCc2ccccc2)oc2ccc(F)cc12. The van der Waals surface area contributed by atoms with Crippen LogP contribution in [0.3, 0.4) is 0 Å². The van der Waals surface area contributed by atoms with Crippen molar-refractivity contribution in [2.24, 2.45) is 5.73 Å². The van der Waals surface area contributed by atoms with Gasteiger partial charge in [-0.1, -0.05) is 30.3 Å². The summed E-state index contributed by atoms with van der Waals surface area (Å²) >= 11 is 0. The molecule has 1 unspecified atom stereocenters. The van der Waals surface area contributed by atoms with Crippen molar-refractivity contribution < 1.29 is 8.81 Å². The molecular formula is C18H18FNO. The predicted octanol–water partition coefficient (Wildman–Crippen LogP) is 4.51. The average molecular weight is 283 g/mol. The van der Waals surface area contributed by atoms with Crippen molar-refractivity contribution in [2.75, 3.05) is 0 Å². The Balaban J connectivity index is 1.81. The highest BCUT2D eigenvalue weighted by atomic mass is 19.1. The maximum atomic E-state index is 13.3. The lowest BCUT2D eigenvalue weighted by Crippen LogP contribution is -2.11. The number of hydrogen-bond donors (Lipinski definition) is 1. The average Bonchev–Trinajstić information content (AvgIpc) is 2.83. The Kier molecular flexibility index (Phi) is 3.76. The molecule has 21 heavy (non-hydrogen) atoms. The van der Waals surface area contributed by atoms with Crippen LogP contribution in [0.5, 0.6) is 0 Å². The summed E-state index contributed by atoms with van der Waals surface area (Å²) in [6, 6.07) is 14.6. The van der Waals surface area contributed by atoms with Crippen molar-refractivity contribution in [3.05, 3.63) is 71.2 Å². The highest BCUT2D eigenvalue weighted by Crippen LogP contribution is 2.30. The zero-order valence-corrected chi connectivity index (χ0v) is 12.0. The van der Waals surface area contributed by atoms with E-state index in [1.165, 1.54) is 17.7 Å². The third-order valence-electron chi connectivity index (χ3n) is 3.86. The van der Waals surface area contributed by atoms with E-state index >= 15 is 0 Å². The second-order valence-corrected chi connectivity index (χ2v) is 5.36. The lowest BCUT2D eigenvalue weighted by molar-refractivity contribution is 0.474. The molecule has 108 valence electrons. The number of rotatable bonds is 4. The molecule has 0 aliphatic carbocycles. The van der Waals surface area contributed by atoms with E-state index in [9.17, 15) is 4.39 Å². The van der Waals surface area contributed by atoms with E-state index in [1.807, 2.05) is 25.1 Å². The first-order chi connectivity index (χ1) is 10.1. The quantitative estimate of drug-likeness (QED) is 0.765. The van der Waals surface area contributed by atoms with Crippen LogP contribution in [0, 0.1) is 12.7 Å². The molecule has 0 spiro atoms. The zero-order chi connectivity index (χ0) is 14.8. The van der Waals surface area contributed by atoms with E-state index in [2.05, 4.69) is 12.1 Å². The zero-order valence-electron chi connectivity index (χ0n) is 12.0. The van der Waals surface area contributed by atoms with Gasteiger partial charge in [0.25, 0.3) is 0 Å². The minimum Gasteiger partial charge on any atom is -0.459 e. The van der Waals surface area contributed by atoms with E-state index in [0.717, 1.165) is 29.6 Å². The Bertz CT molecular complexity index is 749. The van der Waals surface area contributed by atoms with Crippen molar-refractivity contribution in [2.45, 2.75) is 25.8 Å². The lowest BCUT2D eigenvalue weighted by atomic mass is 10.0. The van der Waals surface area contributed by atoms with Crippen LogP contribution in [0.15, 0.2) is 52.9 Å². The van der Waals surface area contributed by atoms with Gasteiger partial charge in [0.1, 0.15) is 17.2 Å². The van der Waals surface area contributed by atoms with E-state index in [0.29, 0.717) is 5.58 Å². The maximum Gasteiger partial charge on any atom is 0.134 e. The molecule has 0 aliphatic heterocycles. The molecule has 3 aromatic rings. The van der Waals surface area contributed by atoms with Gasteiger partial charge in [-0.15, -0.1) is 0 Å².